The Morgan fingerprint density at radius 2 is 1.77 bits per heavy atom. The molecule has 0 saturated carbocycles. The Kier molecular flexibility index (Phi) is 4.43. The SMILES string of the molecule is Clc1ccc(Cl)c(Nc2cc(Cl)nc(-c3ccccn3)n2)c1. The predicted molar refractivity (Wildman–Crippen MR) is 90.0 cm³/mol. The first kappa shape index (κ1) is 15.0. The van der Waals surface area contributed by atoms with Crippen molar-refractivity contribution < 1.29 is 0 Å². The maximum atomic E-state index is 6.13. The summed E-state index contributed by atoms with van der Waals surface area (Å²) in [4.78, 5) is 12.8. The van der Waals surface area contributed by atoms with E-state index in [4.69, 9.17) is 34.8 Å². The van der Waals surface area contributed by atoms with Crippen LogP contribution in [0.2, 0.25) is 15.2 Å². The summed E-state index contributed by atoms with van der Waals surface area (Å²) in [7, 11) is 0. The molecule has 1 N–H and O–H groups in total. The molecule has 7 heteroatoms. The van der Waals surface area contributed by atoms with E-state index in [2.05, 4.69) is 20.3 Å². The Bertz CT molecular complexity index is 809. The predicted octanol–water partition coefficient (Wildman–Crippen LogP) is 5.24. The standard InChI is InChI=1S/C15H9Cl3N4/c16-9-4-5-10(17)12(7-9)20-14-8-13(18)21-15(22-14)11-3-1-2-6-19-11/h1-8H,(H,20,21,22). The molecule has 2 heterocycles. The molecule has 2 aromatic heterocycles. The van der Waals surface area contributed by atoms with Crippen molar-refractivity contribution in [1.29, 1.82) is 0 Å². The number of halogens is 3. The van der Waals surface area contributed by atoms with E-state index in [-0.39, 0.29) is 0 Å². The largest absolute Gasteiger partial charge is 0.339 e. The van der Waals surface area contributed by atoms with Crippen LogP contribution in [0.25, 0.3) is 11.5 Å². The van der Waals surface area contributed by atoms with Crippen LogP contribution in [0.5, 0.6) is 0 Å². The van der Waals surface area contributed by atoms with Crippen LogP contribution >= 0.6 is 34.8 Å². The quantitative estimate of drug-likeness (QED) is 0.655. The van der Waals surface area contributed by atoms with Crippen LogP contribution in [0.4, 0.5) is 11.5 Å². The van der Waals surface area contributed by atoms with Crippen molar-refractivity contribution >= 4 is 46.3 Å². The number of hydrogen-bond acceptors (Lipinski definition) is 4. The summed E-state index contributed by atoms with van der Waals surface area (Å²) in [6, 6.07) is 12.2. The smallest absolute Gasteiger partial charge is 0.181 e. The van der Waals surface area contributed by atoms with Gasteiger partial charge in [0.2, 0.25) is 0 Å². The maximum absolute atomic E-state index is 6.13. The molecule has 3 rings (SSSR count). The summed E-state index contributed by atoms with van der Waals surface area (Å²) in [5.41, 5.74) is 1.26. The van der Waals surface area contributed by atoms with Gasteiger partial charge in [-0.1, -0.05) is 40.9 Å². The molecule has 0 atom stereocenters. The highest BCUT2D eigenvalue weighted by molar-refractivity contribution is 6.35. The first-order valence-corrected chi connectivity index (χ1v) is 7.43. The topological polar surface area (TPSA) is 50.7 Å². The molecule has 0 fully saturated rings. The summed E-state index contributed by atoms with van der Waals surface area (Å²) < 4.78 is 0. The molecule has 1 aromatic carbocycles. The normalized spacial score (nSPS) is 10.5. The molecule has 110 valence electrons. The maximum Gasteiger partial charge on any atom is 0.181 e. The second-order valence-electron chi connectivity index (χ2n) is 4.36. The number of aromatic nitrogens is 3. The number of hydrogen-bond donors (Lipinski definition) is 1. The Hall–Kier alpha value is -1.88. The summed E-state index contributed by atoms with van der Waals surface area (Å²) in [6.45, 7) is 0. The summed E-state index contributed by atoms with van der Waals surface area (Å²) >= 11 is 18.2. The zero-order valence-electron chi connectivity index (χ0n) is 11.1. The zero-order chi connectivity index (χ0) is 15.5. The van der Waals surface area contributed by atoms with Gasteiger partial charge in [-0.05, 0) is 30.3 Å². The fourth-order valence-electron chi connectivity index (χ4n) is 1.82. The van der Waals surface area contributed by atoms with Gasteiger partial charge in [0.25, 0.3) is 0 Å². The average molecular weight is 352 g/mol. The van der Waals surface area contributed by atoms with Gasteiger partial charge in [-0.25, -0.2) is 9.97 Å². The van der Waals surface area contributed by atoms with Gasteiger partial charge in [0, 0.05) is 17.3 Å². The van der Waals surface area contributed by atoms with Gasteiger partial charge in [0.1, 0.15) is 16.7 Å². The molecule has 0 saturated heterocycles. The fourth-order valence-corrected chi connectivity index (χ4v) is 2.34. The third kappa shape index (κ3) is 3.47. The lowest BCUT2D eigenvalue weighted by Crippen LogP contribution is -1.99. The van der Waals surface area contributed by atoms with E-state index in [0.717, 1.165) is 0 Å². The minimum Gasteiger partial charge on any atom is -0.339 e. The van der Waals surface area contributed by atoms with E-state index in [1.165, 1.54) is 0 Å². The van der Waals surface area contributed by atoms with Gasteiger partial charge in [0.15, 0.2) is 5.82 Å². The molecule has 4 nitrogen and oxygen atoms in total. The molecular formula is C15H9Cl3N4. The third-order valence-electron chi connectivity index (χ3n) is 2.78. The van der Waals surface area contributed by atoms with Gasteiger partial charge in [-0.2, -0.15) is 0 Å². The molecule has 3 aromatic rings. The van der Waals surface area contributed by atoms with E-state index >= 15 is 0 Å². The zero-order valence-corrected chi connectivity index (χ0v) is 13.4. The molecule has 0 bridgehead atoms. The molecule has 0 amide bonds. The highest BCUT2D eigenvalue weighted by atomic mass is 35.5. The van der Waals surface area contributed by atoms with Crippen LogP contribution in [0.1, 0.15) is 0 Å². The van der Waals surface area contributed by atoms with Crippen LogP contribution < -0.4 is 5.32 Å². The van der Waals surface area contributed by atoms with Gasteiger partial charge >= 0.3 is 0 Å². The molecule has 0 unspecified atom stereocenters. The van der Waals surface area contributed by atoms with Gasteiger partial charge < -0.3 is 5.32 Å². The van der Waals surface area contributed by atoms with Crippen LogP contribution in [0.3, 0.4) is 0 Å². The van der Waals surface area contributed by atoms with Crippen LogP contribution in [-0.4, -0.2) is 15.0 Å². The lowest BCUT2D eigenvalue weighted by molar-refractivity contribution is 1.14. The van der Waals surface area contributed by atoms with Crippen molar-refractivity contribution in [2.24, 2.45) is 0 Å². The second kappa shape index (κ2) is 6.48. The van der Waals surface area contributed by atoms with Crippen molar-refractivity contribution in [1.82, 2.24) is 15.0 Å². The Morgan fingerprint density at radius 1 is 0.909 bits per heavy atom. The van der Waals surface area contributed by atoms with Crippen LogP contribution in [0, 0.1) is 0 Å². The van der Waals surface area contributed by atoms with Crippen molar-refractivity contribution in [2.75, 3.05) is 5.32 Å². The van der Waals surface area contributed by atoms with Gasteiger partial charge in [0.05, 0.1) is 10.7 Å². The van der Waals surface area contributed by atoms with Gasteiger partial charge in [-0.15, -0.1) is 0 Å². The number of rotatable bonds is 3. The number of benzene rings is 1. The first-order chi connectivity index (χ1) is 10.6. The van der Waals surface area contributed by atoms with Crippen molar-refractivity contribution in [3.63, 3.8) is 0 Å². The highest BCUT2D eigenvalue weighted by Gasteiger charge is 2.09. The van der Waals surface area contributed by atoms with E-state index in [0.29, 0.717) is 38.2 Å². The Morgan fingerprint density at radius 3 is 2.55 bits per heavy atom. The second-order valence-corrected chi connectivity index (χ2v) is 5.59. The third-order valence-corrected chi connectivity index (χ3v) is 3.54. The van der Waals surface area contributed by atoms with Crippen LogP contribution in [0.15, 0.2) is 48.7 Å². The van der Waals surface area contributed by atoms with E-state index < -0.39 is 0 Å². The Balaban J connectivity index is 1.98. The molecule has 0 aliphatic heterocycles. The lowest BCUT2D eigenvalue weighted by Gasteiger charge is -2.09. The number of anilines is 2. The summed E-state index contributed by atoms with van der Waals surface area (Å²) in [5, 5.41) is 4.48. The first-order valence-electron chi connectivity index (χ1n) is 6.30. The summed E-state index contributed by atoms with van der Waals surface area (Å²) in [6.07, 6.45) is 1.67. The van der Waals surface area contributed by atoms with Crippen LogP contribution in [-0.2, 0) is 0 Å². The molecule has 0 radical (unpaired) electrons. The van der Waals surface area contributed by atoms with E-state index in [1.54, 1.807) is 30.5 Å². The molecule has 22 heavy (non-hydrogen) atoms. The molecule has 0 aliphatic carbocycles. The molecular weight excluding hydrogens is 343 g/mol. The van der Waals surface area contributed by atoms with Gasteiger partial charge in [-0.3, -0.25) is 4.98 Å². The van der Waals surface area contributed by atoms with Crippen molar-refractivity contribution in [3.8, 4) is 11.5 Å². The fraction of sp³-hybridized carbons (Fsp3) is 0. The highest BCUT2D eigenvalue weighted by Crippen LogP contribution is 2.29. The van der Waals surface area contributed by atoms with E-state index in [9.17, 15) is 0 Å². The average Bonchev–Trinajstić information content (AvgIpc) is 2.51. The van der Waals surface area contributed by atoms with Crippen molar-refractivity contribution in [3.05, 3.63) is 63.9 Å². The number of pyridine rings is 1. The number of nitrogens with one attached hydrogen (secondary N) is 1. The summed E-state index contributed by atoms with van der Waals surface area (Å²) in [5.74, 6) is 0.929. The lowest BCUT2D eigenvalue weighted by atomic mass is 10.3. The molecule has 0 spiro atoms. The number of nitrogens with zero attached hydrogens (tertiary/aromatic N) is 3. The van der Waals surface area contributed by atoms with Crippen molar-refractivity contribution in [2.45, 2.75) is 0 Å². The monoisotopic (exact) mass is 350 g/mol. The minimum absolute atomic E-state index is 0.302. The molecule has 0 aliphatic rings. The Labute approximate surface area is 142 Å². The van der Waals surface area contributed by atoms with E-state index in [1.807, 2.05) is 18.2 Å². The minimum atomic E-state index is 0.302.